The van der Waals surface area contributed by atoms with Crippen LogP contribution >= 0.6 is 0 Å². The molecule has 0 spiro atoms. The van der Waals surface area contributed by atoms with E-state index < -0.39 is 0 Å². The number of aromatic nitrogens is 1. The van der Waals surface area contributed by atoms with E-state index in [-0.39, 0.29) is 12.5 Å². The molecule has 0 aliphatic heterocycles. The van der Waals surface area contributed by atoms with Crippen molar-refractivity contribution >= 4 is 17.7 Å². The van der Waals surface area contributed by atoms with E-state index in [1.807, 2.05) is 55.5 Å². The zero-order valence-electron chi connectivity index (χ0n) is 15.4. The van der Waals surface area contributed by atoms with Crippen LogP contribution in [0.2, 0.25) is 0 Å². The number of hydrogen-bond acceptors (Lipinski definition) is 4. The van der Waals surface area contributed by atoms with Gasteiger partial charge in [-0.25, -0.2) is 0 Å². The minimum Gasteiger partial charge on any atom is -0.479 e. The van der Waals surface area contributed by atoms with Crippen molar-refractivity contribution in [1.29, 1.82) is 5.26 Å². The van der Waals surface area contributed by atoms with Crippen molar-refractivity contribution in [3.63, 3.8) is 0 Å². The Morgan fingerprint density at radius 2 is 1.89 bits per heavy atom. The molecule has 5 nitrogen and oxygen atoms in total. The first-order valence-electron chi connectivity index (χ1n) is 8.75. The molecule has 138 valence electrons. The van der Waals surface area contributed by atoms with Crippen molar-refractivity contribution in [1.82, 2.24) is 4.98 Å². The molecule has 0 bridgehead atoms. The van der Waals surface area contributed by atoms with Gasteiger partial charge in [-0.3, -0.25) is 9.78 Å². The van der Waals surface area contributed by atoms with Crippen LogP contribution in [0.15, 0.2) is 73.1 Å². The topological polar surface area (TPSA) is 75.0 Å². The summed E-state index contributed by atoms with van der Waals surface area (Å²) in [6.07, 6.45) is 6.73. The lowest BCUT2D eigenvalue weighted by molar-refractivity contribution is -0.111. The lowest BCUT2D eigenvalue weighted by Crippen LogP contribution is -2.07. The zero-order valence-corrected chi connectivity index (χ0v) is 15.4. The number of aryl methyl sites for hydroxylation is 1. The van der Waals surface area contributed by atoms with Crippen LogP contribution in [0.25, 0.3) is 17.2 Å². The zero-order chi connectivity index (χ0) is 19.8. The molecule has 3 rings (SSSR count). The first kappa shape index (κ1) is 18.9. The van der Waals surface area contributed by atoms with Crippen LogP contribution < -0.4 is 10.1 Å². The smallest absolute Gasteiger partial charge is 0.248 e. The summed E-state index contributed by atoms with van der Waals surface area (Å²) in [5.41, 5.74) is 4.87. The van der Waals surface area contributed by atoms with Gasteiger partial charge in [-0.2, -0.15) is 5.26 Å². The van der Waals surface area contributed by atoms with Crippen molar-refractivity contribution in [3.8, 4) is 22.9 Å². The number of nitrogens with zero attached hydrogens (tertiary/aromatic N) is 2. The molecule has 1 N–H and O–H groups in total. The normalized spacial score (nSPS) is 10.4. The number of benzene rings is 2. The predicted molar refractivity (Wildman–Crippen MR) is 110 cm³/mol. The van der Waals surface area contributed by atoms with Gasteiger partial charge in [0.05, 0.1) is 0 Å². The maximum Gasteiger partial charge on any atom is 0.248 e. The van der Waals surface area contributed by atoms with Gasteiger partial charge in [-0.05, 0) is 71.7 Å². The fourth-order valence-corrected chi connectivity index (χ4v) is 2.74. The van der Waals surface area contributed by atoms with Crippen LogP contribution in [0.3, 0.4) is 0 Å². The number of carbonyl (C=O) groups is 1. The molecule has 0 radical (unpaired) electrons. The van der Waals surface area contributed by atoms with Gasteiger partial charge in [0.25, 0.3) is 0 Å². The third kappa shape index (κ3) is 5.05. The van der Waals surface area contributed by atoms with Crippen LogP contribution in [0.4, 0.5) is 5.69 Å². The van der Waals surface area contributed by atoms with Crippen LogP contribution in [0.1, 0.15) is 11.1 Å². The average Bonchev–Trinajstić information content (AvgIpc) is 2.72. The second-order valence-corrected chi connectivity index (χ2v) is 6.10. The van der Waals surface area contributed by atoms with Gasteiger partial charge in [-0.15, -0.1) is 0 Å². The molecule has 5 heteroatoms. The summed E-state index contributed by atoms with van der Waals surface area (Å²) in [5.74, 6) is 0.411. The van der Waals surface area contributed by atoms with Crippen LogP contribution in [0, 0.1) is 18.3 Å². The molecule has 28 heavy (non-hydrogen) atoms. The second kappa shape index (κ2) is 9.15. The van der Waals surface area contributed by atoms with Crippen LogP contribution in [-0.4, -0.2) is 17.5 Å². The number of pyridine rings is 1. The standard InChI is InChI=1S/C23H19N3O2/c1-17-16-20(5-8-22(17)19-10-13-25-14-11-19)26-23(27)9-4-18-2-6-21(7-3-18)28-15-12-24/h2-11,13-14,16H,15H2,1H3,(H,26,27)/b9-4+. The van der Waals surface area contributed by atoms with Crippen LogP contribution in [-0.2, 0) is 4.79 Å². The van der Waals surface area contributed by atoms with Gasteiger partial charge >= 0.3 is 0 Å². The summed E-state index contributed by atoms with van der Waals surface area (Å²) in [7, 11) is 0. The summed E-state index contributed by atoms with van der Waals surface area (Å²) in [6, 6.07) is 18.8. The Kier molecular flexibility index (Phi) is 6.17. The number of hydrogen-bond donors (Lipinski definition) is 1. The number of amides is 1. The van der Waals surface area contributed by atoms with E-state index in [0.717, 1.165) is 27.9 Å². The average molecular weight is 369 g/mol. The number of ether oxygens (including phenoxy) is 1. The van der Waals surface area contributed by atoms with E-state index in [4.69, 9.17) is 10.00 Å². The van der Waals surface area contributed by atoms with Crippen LogP contribution in [0.5, 0.6) is 5.75 Å². The number of rotatable bonds is 6. The molecule has 0 aliphatic carbocycles. The predicted octanol–water partition coefficient (Wildman–Crippen LogP) is 4.61. The maximum atomic E-state index is 12.2. The molecule has 1 amide bonds. The minimum absolute atomic E-state index is 0.0109. The molecule has 3 aromatic rings. The molecule has 1 aromatic heterocycles. The van der Waals surface area contributed by atoms with Crippen molar-refractivity contribution in [2.45, 2.75) is 6.92 Å². The van der Waals surface area contributed by atoms with E-state index in [1.54, 1.807) is 30.6 Å². The summed E-state index contributed by atoms with van der Waals surface area (Å²) in [5, 5.41) is 11.4. The summed E-state index contributed by atoms with van der Waals surface area (Å²) < 4.78 is 5.20. The highest BCUT2D eigenvalue weighted by atomic mass is 16.5. The number of nitrogens with one attached hydrogen (secondary N) is 1. The first-order valence-corrected chi connectivity index (χ1v) is 8.75. The SMILES string of the molecule is Cc1cc(NC(=O)/C=C/c2ccc(OCC#N)cc2)ccc1-c1ccncc1. The van der Waals surface area contributed by atoms with Crippen molar-refractivity contribution in [3.05, 3.63) is 84.2 Å². The minimum atomic E-state index is -0.208. The quantitative estimate of drug-likeness (QED) is 0.644. The van der Waals surface area contributed by atoms with Crippen molar-refractivity contribution in [2.75, 3.05) is 11.9 Å². The summed E-state index contributed by atoms with van der Waals surface area (Å²) >= 11 is 0. The Balaban J connectivity index is 1.62. The van der Waals surface area contributed by atoms with Gasteiger partial charge in [0.1, 0.15) is 11.8 Å². The van der Waals surface area contributed by atoms with E-state index >= 15 is 0 Å². The lowest BCUT2D eigenvalue weighted by Gasteiger charge is -2.09. The van der Waals surface area contributed by atoms with Gasteiger partial charge in [0.2, 0.25) is 5.91 Å². The summed E-state index contributed by atoms with van der Waals surface area (Å²) in [6.45, 7) is 2.02. The van der Waals surface area contributed by atoms with E-state index in [9.17, 15) is 4.79 Å². The Morgan fingerprint density at radius 1 is 1.14 bits per heavy atom. The van der Waals surface area contributed by atoms with Gasteiger partial charge in [-0.1, -0.05) is 18.2 Å². The third-order valence-electron chi connectivity index (χ3n) is 4.10. The number of carbonyl (C=O) groups excluding carboxylic acids is 1. The van der Waals surface area contributed by atoms with Crippen molar-refractivity contribution < 1.29 is 9.53 Å². The Labute approximate surface area is 163 Å². The third-order valence-corrected chi connectivity index (χ3v) is 4.10. The second-order valence-electron chi connectivity index (χ2n) is 6.10. The molecule has 0 unspecified atom stereocenters. The van der Waals surface area contributed by atoms with Crippen molar-refractivity contribution in [2.24, 2.45) is 0 Å². The maximum absolute atomic E-state index is 12.2. The molecule has 0 fully saturated rings. The Morgan fingerprint density at radius 3 is 2.57 bits per heavy atom. The first-order chi connectivity index (χ1) is 13.7. The van der Waals surface area contributed by atoms with Gasteiger partial charge in [0, 0.05) is 24.2 Å². The Hall–Kier alpha value is -3.91. The summed E-state index contributed by atoms with van der Waals surface area (Å²) in [4.78, 5) is 16.2. The fourth-order valence-electron chi connectivity index (χ4n) is 2.74. The highest BCUT2D eigenvalue weighted by molar-refractivity contribution is 6.02. The van der Waals surface area contributed by atoms with Gasteiger partial charge in [0.15, 0.2) is 6.61 Å². The monoisotopic (exact) mass is 369 g/mol. The highest BCUT2D eigenvalue weighted by Gasteiger charge is 2.04. The molecule has 1 heterocycles. The molecule has 0 saturated heterocycles. The lowest BCUT2D eigenvalue weighted by atomic mass is 10.0. The largest absolute Gasteiger partial charge is 0.479 e. The Bertz CT molecular complexity index is 1020. The molecule has 2 aromatic carbocycles. The highest BCUT2D eigenvalue weighted by Crippen LogP contribution is 2.25. The van der Waals surface area contributed by atoms with E-state index in [1.165, 1.54) is 6.08 Å². The molecular formula is C23H19N3O2. The molecule has 0 atom stereocenters. The number of nitriles is 1. The number of anilines is 1. The molecule has 0 saturated carbocycles. The van der Waals surface area contributed by atoms with E-state index in [2.05, 4.69) is 10.3 Å². The fraction of sp³-hybridized carbons (Fsp3) is 0.0870. The van der Waals surface area contributed by atoms with E-state index in [0.29, 0.717) is 5.75 Å². The molecule has 0 aliphatic rings. The molecular weight excluding hydrogens is 350 g/mol. The van der Waals surface area contributed by atoms with Gasteiger partial charge < -0.3 is 10.1 Å².